The molecular formula is C21H22ClNO5. The maximum atomic E-state index is 13.1. The minimum Gasteiger partial charge on any atom is -0.493 e. The standard InChI is InChI=1S/C21H22ClNO5/c1-25-17-9-13-4-5-23(12-15(13)11-18(17)26-2)21(24)14-8-16(22)20-19(10-14)27-6-3-7-28-20/h8-11H,3-7,12H2,1-2H3. The van der Waals surface area contributed by atoms with E-state index in [9.17, 15) is 4.79 Å². The molecule has 0 N–H and O–H groups in total. The van der Waals surface area contributed by atoms with Crippen LogP contribution in [0.2, 0.25) is 5.02 Å². The number of rotatable bonds is 3. The van der Waals surface area contributed by atoms with E-state index >= 15 is 0 Å². The van der Waals surface area contributed by atoms with E-state index in [1.165, 1.54) is 5.56 Å². The average molecular weight is 404 g/mol. The summed E-state index contributed by atoms with van der Waals surface area (Å²) in [5.74, 6) is 2.32. The number of hydrogen-bond donors (Lipinski definition) is 0. The van der Waals surface area contributed by atoms with Crippen LogP contribution in [0.5, 0.6) is 23.0 Å². The van der Waals surface area contributed by atoms with Gasteiger partial charge in [-0.1, -0.05) is 11.6 Å². The molecule has 0 bridgehead atoms. The van der Waals surface area contributed by atoms with E-state index in [0.29, 0.717) is 59.9 Å². The van der Waals surface area contributed by atoms with Crippen LogP contribution in [-0.4, -0.2) is 44.8 Å². The molecule has 0 radical (unpaired) electrons. The Hall–Kier alpha value is -2.60. The molecule has 4 rings (SSSR count). The number of nitrogens with zero attached hydrogens (tertiary/aromatic N) is 1. The van der Waals surface area contributed by atoms with E-state index in [0.717, 1.165) is 18.4 Å². The monoisotopic (exact) mass is 403 g/mol. The van der Waals surface area contributed by atoms with E-state index in [4.69, 9.17) is 30.5 Å². The molecule has 2 aliphatic heterocycles. The largest absolute Gasteiger partial charge is 0.493 e. The zero-order chi connectivity index (χ0) is 19.7. The van der Waals surface area contributed by atoms with Gasteiger partial charge in [0, 0.05) is 25.1 Å². The lowest BCUT2D eigenvalue weighted by atomic mass is 9.98. The summed E-state index contributed by atoms with van der Waals surface area (Å²) < 4.78 is 22.1. The highest BCUT2D eigenvalue weighted by atomic mass is 35.5. The lowest BCUT2D eigenvalue weighted by Gasteiger charge is -2.30. The molecule has 2 heterocycles. The van der Waals surface area contributed by atoms with Crippen molar-refractivity contribution >= 4 is 17.5 Å². The Kier molecular flexibility index (Phi) is 5.22. The summed E-state index contributed by atoms with van der Waals surface area (Å²) in [6.07, 6.45) is 1.53. The second-order valence-corrected chi connectivity index (χ2v) is 7.20. The molecular weight excluding hydrogens is 382 g/mol. The van der Waals surface area contributed by atoms with Gasteiger partial charge in [0.25, 0.3) is 5.91 Å². The zero-order valence-corrected chi connectivity index (χ0v) is 16.7. The first-order valence-electron chi connectivity index (χ1n) is 9.23. The van der Waals surface area contributed by atoms with E-state index in [1.54, 1.807) is 26.4 Å². The number of carbonyl (C=O) groups is 1. The fourth-order valence-electron chi connectivity index (χ4n) is 3.59. The number of fused-ring (bicyclic) bond motifs is 2. The smallest absolute Gasteiger partial charge is 0.254 e. The highest BCUT2D eigenvalue weighted by Crippen LogP contribution is 2.39. The van der Waals surface area contributed by atoms with Crippen LogP contribution in [0.3, 0.4) is 0 Å². The van der Waals surface area contributed by atoms with Gasteiger partial charge in [0.05, 0.1) is 32.5 Å². The highest BCUT2D eigenvalue weighted by molar-refractivity contribution is 6.32. The molecule has 1 amide bonds. The predicted octanol–water partition coefficient (Wildman–Crippen LogP) is 3.72. The Bertz CT molecular complexity index is 914. The first kappa shape index (κ1) is 18.7. The van der Waals surface area contributed by atoms with Crippen molar-refractivity contribution in [3.05, 3.63) is 46.0 Å². The van der Waals surface area contributed by atoms with Crippen LogP contribution in [-0.2, 0) is 13.0 Å². The third-order valence-electron chi connectivity index (χ3n) is 5.05. The lowest BCUT2D eigenvalue weighted by molar-refractivity contribution is 0.0734. The van der Waals surface area contributed by atoms with Crippen molar-refractivity contribution in [2.75, 3.05) is 34.0 Å². The number of amides is 1. The maximum Gasteiger partial charge on any atom is 0.254 e. The van der Waals surface area contributed by atoms with E-state index < -0.39 is 0 Å². The van der Waals surface area contributed by atoms with Gasteiger partial charge >= 0.3 is 0 Å². The second-order valence-electron chi connectivity index (χ2n) is 6.79. The summed E-state index contributed by atoms with van der Waals surface area (Å²) in [5, 5.41) is 0.395. The van der Waals surface area contributed by atoms with Crippen LogP contribution < -0.4 is 18.9 Å². The molecule has 2 aromatic rings. The SMILES string of the molecule is COc1cc2c(cc1OC)CN(C(=O)c1cc(Cl)c3c(c1)OCCCO3)CC2. The Morgan fingerprint density at radius 3 is 2.50 bits per heavy atom. The van der Waals surface area contributed by atoms with Crippen LogP contribution in [0.15, 0.2) is 24.3 Å². The van der Waals surface area contributed by atoms with Gasteiger partial charge in [0.1, 0.15) is 0 Å². The minimum atomic E-state index is -0.0852. The van der Waals surface area contributed by atoms with Crippen LogP contribution >= 0.6 is 11.6 Å². The topological polar surface area (TPSA) is 57.2 Å². The summed E-state index contributed by atoms with van der Waals surface area (Å²) in [6.45, 7) is 2.21. The van der Waals surface area contributed by atoms with Gasteiger partial charge in [-0.05, 0) is 41.8 Å². The van der Waals surface area contributed by atoms with Crippen LogP contribution in [0.25, 0.3) is 0 Å². The molecule has 0 aliphatic carbocycles. The molecule has 0 atom stereocenters. The zero-order valence-electron chi connectivity index (χ0n) is 15.9. The summed E-state index contributed by atoms with van der Waals surface area (Å²) in [4.78, 5) is 14.9. The minimum absolute atomic E-state index is 0.0852. The molecule has 7 heteroatoms. The molecule has 0 unspecified atom stereocenters. The summed E-state index contributed by atoms with van der Waals surface area (Å²) in [7, 11) is 3.23. The van der Waals surface area contributed by atoms with E-state index in [2.05, 4.69) is 0 Å². The first-order chi connectivity index (χ1) is 13.6. The van der Waals surface area contributed by atoms with Crippen LogP contribution in [0.4, 0.5) is 0 Å². The fraction of sp³-hybridized carbons (Fsp3) is 0.381. The fourth-order valence-corrected chi connectivity index (χ4v) is 3.86. The number of carbonyl (C=O) groups excluding carboxylic acids is 1. The molecule has 0 saturated heterocycles. The highest BCUT2D eigenvalue weighted by Gasteiger charge is 2.26. The van der Waals surface area contributed by atoms with E-state index in [-0.39, 0.29) is 5.91 Å². The van der Waals surface area contributed by atoms with Crippen molar-refractivity contribution in [1.82, 2.24) is 4.90 Å². The number of halogens is 1. The van der Waals surface area contributed by atoms with Gasteiger partial charge in [0.15, 0.2) is 23.0 Å². The Balaban J connectivity index is 1.60. The quantitative estimate of drug-likeness (QED) is 0.781. The number of hydrogen-bond acceptors (Lipinski definition) is 5. The molecule has 0 saturated carbocycles. The Labute approximate surface area is 168 Å². The molecule has 6 nitrogen and oxygen atoms in total. The molecule has 0 aromatic heterocycles. The van der Waals surface area contributed by atoms with Crippen molar-refractivity contribution in [3.63, 3.8) is 0 Å². The summed E-state index contributed by atoms with van der Waals surface area (Å²) in [5.41, 5.74) is 2.72. The van der Waals surface area contributed by atoms with Crippen molar-refractivity contribution in [2.45, 2.75) is 19.4 Å². The summed E-state index contributed by atoms with van der Waals surface area (Å²) in [6, 6.07) is 7.30. The van der Waals surface area contributed by atoms with Crippen molar-refractivity contribution in [3.8, 4) is 23.0 Å². The second kappa shape index (κ2) is 7.80. The maximum absolute atomic E-state index is 13.1. The predicted molar refractivity (Wildman–Crippen MR) is 105 cm³/mol. The van der Waals surface area contributed by atoms with E-state index in [1.807, 2.05) is 17.0 Å². The van der Waals surface area contributed by atoms with Crippen molar-refractivity contribution in [2.24, 2.45) is 0 Å². The Morgan fingerprint density at radius 1 is 1.04 bits per heavy atom. The molecule has 2 aromatic carbocycles. The van der Waals surface area contributed by atoms with Crippen LogP contribution in [0.1, 0.15) is 27.9 Å². The molecule has 0 spiro atoms. The van der Waals surface area contributed by atoms with Gasteiger partial charge in [-0.25, -0.2) is 0 Å². The van der Waals surface area contributed by atoms with Gasteiger partial charge in [-0.2, -0.15) is 0 Å². The molecule has 0 fully saturated rings. The molecule has 2 aliphatic rings. The van der Waals surface area contributed by atoms with Gasteiger partial charge in [-0.15, -0.1) is 0 Å². The third-order valence-corrected chi connectivity index (χ3v) is 5.34. The molecule has 28 heavy (non-hydrogen) atoms. The third kappa shape index (κ3) is 3.44. The first-order valence-corrected chi connectivity index (χ1v) is 9.60. The van der Waals surface area contributed by atoms with Gasteiger partial charge in [-0.3, -0.25) is 4.79 Å². The normalized spacial score (nSPS) is 15.5. The van der Waals surface area contributed by atoms with Crippen LogP contribution in [0, 0.1) is 0 Å². The average Bonchev–Trinajstić information content (AvgIpc) is 2.97. The Morgan fingerprint density at radius 2 is 1.75 bits per heavy atom. The summed E-state index contributed by atoms with van der Waals surface area (Å²) >= 11 is 6.35. The number of methoxy groups -OCH3 is 2. The van der Waals surface area contributed by atoms with Gasteiger partial charge < -0.3 is 23.8 Å². The van der Waals surface area contributed by atoms with Crippen molar-refractivity contribution in [1.29, 1.82) is 0 Å². The van der Waals surface area contributed by atoms with Crippen molar-refractivity contribution < 1.29 is 23.7 Å². The number of ether oxygens (including phenoxy) is 4. The lowest BCUT2D eigenvalue weighted by Crippen LogP contribution is -2.36. The van der Waals surface area contributed by atoms with Gasteiger partial charge in [0.2, 0.25) is 0 Å². The number of benzene rings is 2. The molecule has 148 valence electrons.